The van der Waals surface area contributed by atoms with Gasteiger partial charge in [0.15, 0.2) is 11.4 Å². The molecule has 3 rings (SSSR count). The summed E-state index contributed by atoms with van der Waals surface area (Å²) in [6, 6.07) is 13.8. The summed E-state index contributed by atoms with van der Waals surface area (Å²) in [6.07, 6.45) is 4.12. The molecular formula is C26H35FN4O3. The van der Waals surface area contributed by atoms with Crippen LogP contribution in [0.15, 0.2) is 48.5 Å². The molecule has 0 amide bonds. The molecule has 8 heteroatoms. The van der Waals surface area contributed by atoms with Gasteiger partial charge in [-0.15, -0.1) is 0 Å². The van der Waals surface area contributed by atoms with Gasteiger partial charge in [0, 0.05) is 16.2 Å². The lowest BCUT2D eigenvalue weighted by molar-refractivity contribution is -0.488. The van der Waals surface area contributed by atoms with Crippen molar-refractivity contribution in [1.29, 1.82) is 0 Å². The lowest BCUT2D eigenvalue weighted by Crippen LogP contribution is -2.55. The molecule has 1 aliphatic rings. The summed E-state index contributed by atoms with van der Waals surface area (Å²) >= 11 is 0. The number of carbonyl (C=O) groups excluding carboxylic acids is 1. The molecule has 1 unspecified atom stereocenters. The van der Waals surface area contributed by atoms with Crippen molar-refractivity contribution in [3.05, 3.63) is 75.6 Å². The van der Waals surface area contributed by atoms with Gasteiger partial charge in [0.25, 0.3) is 0 Å². The van der Waals surface area contributed by atoms with Crippen LogP contribution in [0.25, 0.3) is 0 Å². The van der Waals surface area contributed by atoms with E-state index in [-0.39, 0.29) is 23.1 Å². The fourth-order valence-electron chi connectivity index (χ4n) is 4.57. The number of hydrogen-bond acceptors (Lipinski definition) is 6. The van der Waals surface area contributed by atoms with Gasteiger partial charge in [-0.05, 0) is 101 Å². The maximum absolute atomic E-state index is 13.1. The maximum Gasteiger partial charge on any atom is 0.239 e. The summed E-state index contributed by atoms with van der Waals surface area (Å²) in [5.41, 5.74) is 1.50. The van der Waals surface area contributed by atoms with Gasteiger partial charge in [0.1, 0.15) is 5.82 Å². The van der Waals surface area contributed by atoms with Crippen LogP contribution in [0.1, 0.15) is 49.0 Å². The summed E-state index contributed by atoms with van der Waals surface area (Å²) in [4.78, 5) is 25.0. The van der Waals surface area contributed by atoms with E-state index in [0.29, 0.717) is 23.7 Å². The van der Waals surface area contributed by atoms with Gasteiger partial charge >= 0.3 is 0 Å². The quantitative estimate of drug-likeness (QED) is 0.158. The van der Waals surface area contributed by atoms with Crippen molar-refractivity contribution in [1.82, 2.24) is 10.2 Å². The van der Waals surface area contributed by atoms with E-state index in [9.17, 15) is 19.3 Å². The lowest BCUT2D eigenvalue weighted by Gasteiger charge is -2.33. The highest BCUT2D eigenvalue weighted by Gasteiger charge is 2.30. The molecule has 1 saturated heterocycles. The van der Waals surface area contributed by atoms with Crippen molar-refractivity contribution in [3.63, 3.8) is 0 Å². The summed E-state index contributed by atoms with van der Waals surface area (Å²) in [5.74, 6) is 0.383. The van der Waals surface area contributed by atoms with Crippen LogP contribution in [-0.4, -0.2) is 54.0 Å². The van der Waals surface area contributed by atoms with Crippen LogP contribution < -0.4 is 10.6 Å². The molecule has 0 radical (unpaired) electrons. The van der Waals surface area contributed by atoms with E-state index in [1.54, 1.807) is 25.1 Å². The van der Waals surface area contributed by atoms with Crippen molar-refractivity contribution >= 4 is 11.5 Å². The number of hydrogen-bond donors (Lipinski definition) is 2. The highest BCUT2D eigenvalue weighted by Crippen LogP contribution is 2.22. The van der Waals surface area contributed by atoms with E-state index in [1.165, 1.54) is 24.6 Å². The number of piperidine rings is 1. The van der Waals surface area contributed by atoms with Gasteiger partial charge in [-0.25, -0.2) is 4.39 Å². The number of anilines is 1. The number of likely N-dealkylation sites (tertiary alicyclic amines) is 1. The topological polar surface area (TPSA) is 87.5 Å². The van der Waals surface area contributed by atoms with Crippen molar-refractivity contribution in [2.24, 2.45) is 5.92 Å². The number of nitrogens with one attached hydrogen (secondary N) is 2. The Kier molecular flexibility index (Phi) is 9.12. The zero-order chi connectivity index (χ0) is 24.6. The third kappa shape index (κ3) is 8.18. The summed E-state index contributed by atoms with van der Waals surface area (Å²) in [7, 11) is 0. The molecule has 7 nitrogen and oxygen atoms in total. The summed E-state index contributed by atoms with van der Waals surface area (Å²) in [6.45, 7) is 6.63. The van der Waals surface area contributed by atoms with Crippen LogP contribution in [0.3, 0.4) is 0 Å². The first kappa shape index (κ1) is 25.8. The van der Waals surface area contributed by atoms with Gasteiger partial charge in [-0.2, -0.15) is 0 Å². The predicted octanol–water partition coefficient (Wildman–Crippen LogP) is 4.37. The Hall–Kier alpha value is -2.84. The average molecular weight is 471 g/mol. The normalized spacial score (nSPS) is 16.7. The monoisotopic (exact) mass is 470 g/mol. The van der Waals surface area contributed by atoms with Crippen molar-refractivity contribution < 1.29 is 14.1 Å². The Labute approximate surface area is 200 Å². The summed E-state index contributed by atoms with van der Waals surface area (Å²) in [5, 5.41) is 17.8. The smallest absolute Gasteiger partial charge is 0.239 e. The lowest BCUT2D eigenvalue weighted by atomic mass is 9.90. The molecule has 0 bridgehead atoms. The van der Waals surface area contributed by atoms with E-state index >= 15 is 0 Å². The van der Waals surface area contributed by atoms with Crippen molar-refractivity contribution in [3.8, 4) is 0 Å². The Morgan fingerprint density at radius 1 is 1.21 bits per heavy atom. The number of Topliss-reactive ketones (excluding diaryl/α,β-unsaturated/α-hetero) is 1. The van der Waals surface area contributed by atoms with Gasteiger partial charge in [0.05, 0.1) is 0 Å². The molecule has 34 heavy (non-hydrogen) atoms. The highest BCUT2D eigenvalue weighted by molar-refractivity contribution is 5.94. The van der Waals surface area contributed by atoms with E-state index in [0.717, 1.165) is 45.3 Å². The highest BCUT2D eigenvalue weighted by atomic mass is 19.1. The maximum atomic E-state index is 13.1. The minimum Gasteiger partial charge on any atom is -0.362 e. The van der Waals surface area contributed by atoms with Crippen LogP contribution in [0.2, 0.25) is 0 Å². The number of benzene rings is 2. The predicted molar refractivity (Wildman–Crippen MR) is 132 cm³/mol. The third-order valence-electron chi connectivity index (χ3n) is 6.45. The largest absolute Gasteiger partial charge is 0.362 e. The minimum atomic E-state index is -0.930. The number of halogens is 1. The number of nitro groups is 1. The molecular weight excluding hydrogens is 435 g/mol. The first-order chi connectivity index (χ1) is 16.2. The Morgan fingerprint density at radius 2 is 1.91 bits per heavy atom. The van der Waals surface area contributed by atoms with E-state index in [4.69, 9.17) is 0 Å². The number of rotatable bonds is 12. The Bertz CT molecular complexity index is 961. The fraction of sp³-hybridized carbons (Fsp3) is 0.500. The van der Waals surface area contributed by atoms with Crippen LogP contribution >= 0.6 is 0 Å². The SMILES string of the molecule is CC(=O)c1cccc(NC(C)(C[N+](=O)[O-])NCCCN2CCC(Cc3ccc(F)cc3)CC2)c1. The van der Waals surface area contributed by atoms with Gasteiger partial charge in [-0.1, -0.05) is 24.3 Å². The molecule has 1 atom stereocenters. The van der Waals surface area contributed by atoms with Crippen molar-refractivity contribution in [2.45, 2.75) is 45.2 Å². The van der Waals surface area contributed by atoms with Crippen LogP contribution in [0.4, 0.5) is 10.1 Å². The van der Waals surface area contributed by atoms with Crippen LogP contribution in [0.5, 0.6) is 0 Å². The molecule has 0 aromatic heterocycles. The summed E-state index contributed by atoms with van der Waals surface area (Å²) < 4.78 is 13.1. The van der Waals surface area contributed by atoms with Crippen molar-refractivity contribution in [2.75, 3.05) is 38.0 Å². The van der Waals surface area contributed by atoms with E-state index in [1.807, 2.05) is 18.2 Å². The molecule has 1 aliphatic heterocycles. The number of ketones is 1. The number of nitrogens with zero attached hydrogens (tertiary/aromatic N) is 2. The molecule has 0 spiro atoms. The van der Waals surface area contributed by atoms with E-state index < -0.39 is 5.66 Å². The zero-order valence-electron chi connectivity index (χ0n) is 20.1. The second-order valence-electron chi connectivity index (χ2n) is 9.48. The molecule has 2 aromatic carbocycles. The minimum absolute atomic E-state index is 0.0472. The molecule has 1 heterocycles. The van der Waals surface area contributed by atoms with Gasteiger partial charge in [-0.3, -0.25) is 20.2 Å². The first-order valence-corrected chi connectivity index (χ1v) is 12.0. The second kappa shape index (κ2) is 12.0. The standard InChI is InChI=1S/C26H35FN4O3/c1-20(32)23-5-3-6-25(18-23)29-26(2,19-31(33)34)28-13-4-14-30-15-11-22(12-16-30)17-21-7-9-24(27)10-8-21/h3,5-10,18,22,28-29H,4,11-17,19H2,1-2H3. The number of carbonyl (C=O) groups is 1. The first-order valence-electron chi connectivity index (χ1n) is 12.0. The fourth-order valence-corrected chi connectivity index (χ4v) is 4.57. The molecule has 0 saturated carbocycles. The third-order valence-corrected chi connectivity index (χ3v) is 6.45. The zero-order valence-corrected chi connectivity index (χ0v) is 20.1. The van der Waals surface area contributed by atoms with Crippen LogP contribution in [0, 0.1) is 21.8 Å². The average Bonchev–Trinajstić information content (AvgIpc) is 2.79. The molecule has 2 N–H and O–H groups in total. The molecule has 184 valence electrons. The second-order valence-corrected chi connectivity index (χ2v) is 9.48. The Balaban J connectivity index is 1.43. The molecule has 0 aliphatic carbocycles. The molecule has 2 aromatic rings. The van der Waals surface area contributed by atoms with E-state index in [2.05, 4.69) is 15.5 Å². The molecule has 1 fully saturated rings. The van der Waals surface area contributed by atoms with Gasteiger partial charge < -0.3 is 10.2 Å². The van der Waals surface area contributed by atoms with Crippen LogP contribution in [-0.2, 0) is 6.42 Å². The Morgan fingerprint density at radius 3 is 2.56 bits per heavy atom. The van der Waals surface area contributed by atoms with Gasteiger partial charge in [0.2, 0.25) is 6.54 Å².